The molecule has 0 unspecified atom stereocenters. The van der Waals surface area contributed by atoms with E-state index >= 15 is 0 Å². The van der Waals surface area contributed by atoms with Crippen molar-refractivity contribution >= 4 is 23.5 Å². The minimum Gasteiger partial charge on any atom is -0.482 e. The molecule has 0 aliphatic heterocycles. The fraction of sp³-hybridized carbons (Fsp3) is 0.348. The molecule has 0 saturated heterocycles. The minimum absolute atomic E-state index is 0.220. The fourth-order valence-electron chi connectivity index (χ4n) is 2.92. The molecule has 2 amide bonds. The molecular formula is C23H28N2O5. The number of rotatable bonds is 8. The van der Waals surface area contributed by atoms with E-state index in [0.29, 0.717) is 5.75 Å². The maximum absolute atomic E-state index is 12.1. The van der Waals surface area contributed by atoms with Crippen molar-refractivity contribution in [2.75, 3.05) is 25.1 Å². The lowest BCUT2D eigenvalue weighted by Gasteiger charge is -2.13. The van der Waals surface area contributed by atoms with Gasteiger partial charge in [0.2, 0.25) is 5.91 Å². The van der Waals surface area contributed by atoms with Crippen LogP contribution in [-0.2, 0) is 19.1 Å². The molecule has 0 radical (unpaired) electrons. The summed E-state index contributed by atoms with van der Waals surface area (Å²) in [5.41, 5.74) is 5.91. The summed E-state index contributed by atoms with van der Waals surface area (Å²) in [6.07, 6.45) is 0. The molecular weight excluding hydrogens is 384 g/mol. The zero-order valence-electron chi connectivity index (χ0n) is 18.0. The molecule has 0 aromatic heterocycles. The molecule has 160 valence electrons. The van der Waals surface area contributed by atoms with Gasteiger partial charge in [-0.2, -0.15) is 0 Å². The van der Waals surface area contributed by atoms with Crippen LogP contribution in [0.4, 0.5) is 5.69 Å². The second-order valence-corrected chi connectivity index (χ2v) is 7.29. The largest absolute Gasteiger partial charge is 0.482 e. The Morgan fingerprint density at radius 2 is 1.47 bits per heavy atom. The van der Waals surface area contributed by atoms with E-state index in [9.17, 15) is 14.4 Å². The summed E-state index contributed by atoms with van der Waals surface area (Å²) in [5.74, 6) is -1.04. The monoisotopic (exact) mass is 412 g/mol. The van der Waals surface area contributed by atoms with Gasteiger partial charge in [-0.25, -0.2) is 4.79 Å². The summed E-state index contributed by atoms with van der Waals surface area (Å²) >= 11 is 0. The average Bonchev–Trinajstić information content (AvgIpc) is 2.68. The van der Waals surface area contributed by atoms with Gasteiger partial charge in [0, 0.05) is 5.69 Å². The van der Waals surface area contributed by atoms with Gasteiger partial charge in [-0.1, -0.05) is 23.8 Å². The Morgan fingerprint density at radius 1 is 0.800 bits per heavy atom. The molecule has 0 bridgehead atoms. The van der Waals surface area contributed by atoms with Crippen molar-refractivity contribution in [3.63, 3.8) is 0 Å². The van der Waals surface area contributed by atoms with Gasteiger partial charge < -0.3 is 20.1 Å². The first-order chi connectivity index (χ1) is 14.2. The van der Waals surface area contributed by atoms with Crippen LogP contribution in [0, 0.1) is 34.6 Å². The molecule has 0 heterocycles. The summed E-state index contributed by atoms with van der Waals surface area (Å²) in [6.45, 7) is 8.73. The van der Waals surface area contributed by atoms with E-state index in [2.05, 4.69) is 10.6 Å². The summed E-state index contributed by atoms with van der Waals surface area (Å²) in [6, 6.07) is 9.43. The van der Waals surface area contributed by atoms with Gasteiger partial charge in [0.05, 0.1) is 6.54 Å². The van der Waals surface area contributed by atoms with Crippen LogP contribution in [0.3, 0.4) is 0 Å². The second-order valence-electron chi connectivity index (χ2n) is 7.29. The van der Waals surface area contributed by atoms with E-state index in [4.69, 9.17) is 9.47 Å². The van der Waals surface area contributed by atoms with Gasteiger partial charge in [0.1, 0.15) is 5.75 Å². The summed E-state index contributed by atoms with van der Waals surface area (Å²) in [5, 5.41) is 5.22. The van der Waals surface area contributed by atoms with Crippen LogP contribution in [-0.4, -0.2) is 37.5 Å². The molecule has 2 aromatic carbocycles. The van der Waals surface area contributed by atoms with E-state index in [0.717, 1.165) is 33.5 Å². The molecule has 7 nitrogen and oxygen atoms in total. The number of benzene rings is 2. The summed E-state index contributed by atoms with van der Waals surface area (Å²) in [4.78, 5) is 35.7. The van der Waals surface area contributed by atoms with Gasteiger partial charge in [-0.3, -0.25) is 9.59 Å². The van der Waals surface area contributed by atoms with E-state index in [1.54, 1.807) is 6.07 Å². The van der Waals surface area contributed by atoms with E-state index in [1.165, 1.54) is 0 Å². The predicted octanol–water partition coefficient (Wildman–Crippen LogP) is 2.91. The summed E-state index contributed by atoms with van der Waals surface area (Å²) in [7, 11) is 0. The number of esters is 1. The lowest BCUT2D eigenvalue weighted by molar-refractivity contribution is -0.150. The smallest absolute Gasteiger partial charge is 0.344 e. The number of nitrogens with one attached hydrogen (secondary N) is 2. The molecule has 0 aliphatic carbocycles. The topological polar surface area (TPSA) is 93.7 Å². The quantitative estimate of drug-likeness (QED) is 0.650. The molecule has 2 N–H and O–H groups in total. The molecule has 2 rings (SSSR count). The number of carbonyl (C=O) groups excluding carboxylic acids is 3. The second kappa shape index (κ2) is 10.4. The van der Waals surface area contributed by atoms with Crippen LogP contribution in [0.25, 0.3) is 0 Å². The number of aryl methyl sites for hydroxylation is 5. The van der Waals surface area contributed by atoms with Crippen molar-refractivity contribution in [3.8, 4) is 5.75 Å². The van der Waals surface area contributed by atoms with Crippen molar-refractivity contribution in [3.05, 3.63) is 58.1 Å². The highest BCUT2D eigenvalue weighted by Crippen LogP contribution is 2.21. The Morgan fingerprint density at radius 3 is 2.10 bits per heavy atom. The zero-order valence-corrected chi connectivity index (χ0v) is 18.0. The SMILES string of the molecule is Cc1cc(C)c(NC(=O)CNC(=O)COC(=O)COc2ccc(C)c(C)c2)c(C)c1. The van der Waals surface area contributed by atoms with Crippen LogP contribution >= 0.6 is 0 Å². The van der Waals surface area contributed by atoms with E-state index in [-0.39, 0.29) is 19.1 Å². The number of hydrogen-bond acceptors (Lipinski definition) is 5. The minimum atomic E-state index is -0.668. The first-order valence-electron chi connectivity index (χ1n) is 9.65. The Balaban J connectivity index is 1.71. The first-order valence-corrected chi connectivity index (χ1v) is 9.65. The third-order valence-electron chi connectivity index (χ3n) is 4.59. The maximum atomic E-state index is 12.1. The Kier molecular flexibility index (Phi) is 7.98. The number of hydrogen-bond donors (Lipinski definition) is 2. The molecule has 0 aliphatic rings. The zero-order chi connectivity index (χ0) is 22.3. The Labute approximate surface area is 176 Å². The molecule has 0 fully saturated rings. The van der Waals surface area contributed by atoms with Crippen molar-refractivity contribution in [1.82, 2.24) is 5.32 Å². The normalized spacial score (nSPS) is 10.3. The summed E-state index contributed by atoms with van der Waals surface area (Å²) < 4.78 is 10.2. The lowest BCUT2D eigenvalue weighted by atomic mass is 10.1. The number of amides is 2. The Bertz CT molecular complexity index is 930. The van der Waals surface area contributed by atoms with Crippen molar-refractivity contribution in [1.29, 1.82) is 0 Å². The highest BCUT2D eigenvalue weighted by Gasteiger charge is 2.12. The van der Waals surface area contributed by atoms with E-state index < -0.39 is 18.5 Å². The maximum Gasteiger partial charge on any atom is 0.344 e. The lowest BCUT2D eigenvalue weighted by Crippen LogP contribution is -2.36. The molecule has 0 spiro atoms. The third kappa shape index (κ3) is 6.92. The molecule has 2 aromatic rings. The van der Waals surface area contributed by atoms with Crippen molar-refractivity contribution in [2.45, 2.75) is 34.6 Å². The number of anilines is 1. The standard InChI is InChI=1S/C23H28N2O5/c1-14-8-17(4)23(18(5)9-14)25-20(26)11-24-21(27)12-30-22(28)13-29-19-7-6-15(2)16(3)10-19/h6-10H,11-13H2,1-5H3,(H,24,27)(H,25,26). The van der Waals surface area contributed by atoms with E-state index in [1.807, 2.05) is 58.9 Å². The van der Waals surface area contributed by atoms with Crippen molar-refractivity contribution in [2.24, 2.45) is 0 Å². The number of carbonyl (C=O) groups is 3. The Hall–Kier alpha value is -3.35. The van der Waals surface area contributed by atoms with Crippen LogP contribution < -0.4 is 15.4 Å². The molecule has 7 heteroatoms. The van der Waals surface area contributed by atoms with Crippen LogP contribution in [0.2, 0.25) is 0 Å². The van der Waals surface area contributed by atoms with Gasteiger partial charge in [0.15, 0.2) is 13.2 Å². The van der Waals surface area contributed by atoms with Crippen LogP contribution in [0.15, 0.2) is 30.3 Å². The predicted molar refractivity (Wildman–Crippen MR) is 115 cm³/mol. The average molecular weight is 412 g/mol. The highest BCUT2D eigenvalue weighted by atomic mass is 16.6. The van der Waals surface area contributed by atoms with Crippen LogP contribution in [0.1, 0.15) is 27.8 Å². The van der Waals surface area contributed by atoms with Crippen LogP contribution in [0.5, 0.6) is 5.75 Å². The highest BCUT2D eigenvalue weighted by molar-refractivity contribution is 5.96. The number of ether oxygens (including phenoxy) is 2. The van der Waals surface area contributed by atoms with Gasteiger partial charge in [-0.15, -0.1) is 0 Å². The fourth-order valence-corrected chi connectivity index (χ4v) is 2.92. The van der Waals surface area contributed by atoms with Crippen molar-refractivity contribution < 1.29 is 23.9 Å². The third-order valence-corrected chi connectivity index (χ3v) is 4.59. The van der Waals surface area contributed by atoms with Gasteiger partial charge in [0.25, 0.3) is 5.91 Å². The van der Waals surface area contributed by atoms with Gasteiger partial charge >= 0.3 is 5.97 Å². The molecule has 0 saturated carbocycles. The van der Waals surface area contributed by atoms with Gasteiger partial charge in [-0.05, 0) is 69.0 Å². The molecule has 30 heavy (non-hydrogen) atoms. The first kappa shape index (κ1) is 22.9. The molecule has 0 atom stereocenters.